The van der Waals surface area contributed by atoms with E-state index >= 15 is 0 Å². The second-order valence-electron chi connectivity index (χ2n) is 2.52. The summed E-state index contributed by atoms with van der Waals surface area (Å²) >= 11 is 5.43. The molecule has 0 fully saturated rings. The summed E-state index contributed by atoms with van der Waals surface area (Å²) in [6.07, 6.45) is 1.40. The number of fused-ring (bicyclic) bond motifs is 1. The lowest BCUT2D eigenvalue weighted by molar-refractivity contribution is 0.631. The molecule has 1 N–H and O–H groups in total. The molecular formula is C8H4ClFN2O. The van der Waals surface area contributed by atoms with Crippen LogP contribution < -0.4 is 5.56 Å². The molecule has 2 heterocycles. The van der Waals surface area contributed by atoms with Gasteiger partial charge in [0.25, 0.3) is 0 Å². The van der Waals surface area contributed by atoms with E-state index in [-0.39, 0.29) is 16.2 Å². The van der Waals surface area contributed by atoms with Crippen molar-refractivity contribution in [2.45, 2.75) is 0 Å². The zero-order valence-corrected chi connectivity index (χ0v) is 7.10. The summed E-state index contributed by atoms with van der Waals surface area (Å²) in [6, 6.07) is 2.79. The monoisotopic (exact) mass is 198 g/mol. The van der Waals surface area contributed by atoms with Crippen molar-refractivity contribution in [3.05, 3.63) is 39.7 Å². The minimum Gasteiger partial charge on any atom is -0.319 e. The zero-order chi connectivity index (χ0) is 9.42. The topological polar surface area (TPSA) is 45.8 Å². The van der Waals surface area contributed by atoms with Gasteiger partial charge in [-0.15, -0.1) is 0 Å². The molecule has 0 saturated heterocycles. The van der Waals surface area contributed by atoms with E-state index in [1.54, 1.807) is 0 Å². The molecule has 2 rings (SSSR count). The lowest BCUT2D eigenvalue weighted by Gasteiger charge is -1.98. The SMILES string of the molecule is O=c1ccc2cnc(Cl)c(F)c2[nH]1. The van der Waals surface area contributed by atoms with Gasteiger partial charge >= 0.3 is 0 Å². The second-order valence-corrected chi connectivity index (χ2v) is 2.87. The van der Waals surface area contributed by atoms with Crippen LogP contribution in [0.1, 0.15) is 0 Å². The highest BCUT2D eigenvalue weighted by Crippen LogP contribution is 2.18. The number of rotatable bonds is 0. The van der Waals surface area contributed by atoms with Crippen molar-refractivity contribution < 1.29 is 4.39 Å². The Balaban J connectivity index is 2.97. The molecule has 0 unspecified atom stereocenters. The fraction of sp³-hybridized carbons (Fsp3) is 0. The number of hydrogen-bond acceptors (Lipinski definition) is 2. The molecule has 0 bridgehead atoms. The standard InChI is InChI=1S/C8H4ClFN2O/c9-8-6(10)7-4(3-11-8)1-2-5(13)12-7/h1-3H,(H,12,13). The number of aromatic amines is 1. The van der Waals surface area contributed by atoms with Gasteiger partial charge in [0.05, 0.1) is 5.52 Å². The molecule has 2 aromatic heterocycles. The lowest BCUT2D eigenvalue weighted by Crippen LogP contribution is -2.04. The van der Waals surface area contributed by atoms with Crippen LogP contribution in [0.25, 0.3) is 10.9 Å². The van der Waals surface area contributed by atoms with Gasteiger partial charge in [0.15, 0.2) is 11.0 Å². The Labute approximate surface area is 77.2 Å². The first-order valence-corrected chi connectivity index (χ1v) is 3.89. The fourth-order valence-electron chi connectivity index (χ4n) is 1.06. The molecule has 0 aliphatic carbocycles. The van der Waals surface area contributed by atoms with Crippen molar-refractivity contribution in [1.29, 1.82) is 0 Å². The van der Waals surface area contributed by atoms with Crippen LogP contribution in [0.2, 0.25) is 5.15 Å². The number of nitrogens with one attached hydrogen (secondary N) is 1. The van der Waals surface area contributed by atoms with Crippen LogP contribution in [-0.4, -0.2) is 9.97 Å². The van der Waals surface area contributed by atoms with E-state index in [9.17, 15) is 9.18 Å². The molecule has 5 heteroatoms. The second kappa shape index (κ2) is 2.81. The van der Waals surface area contributed by atoms with E-state index in [1.165, 1.54) is 18.3 Å². The normalized spacial score (nSPS) is 10.6. The van der Waals surface area contributed by atoms with Crippen molar-refractivity contribution in [1.82, 2.24) is 9.97 Å². The Morgan fingerprint density at radius 2 is 2.23 bits per heavy atom. The third-order valence-electron chi connectivity index (χ3n) is 1.67. The Bertz CT molecular complexity index is 523. The molecule has 66 valence electrons. The molecule has 2 aromatic rings. The molecule has 3 nitrogen and oxygen atoms in total. The molecule has 0 aliphatic heterocycles. The van der Waals surface area contributed by atoms with Gasteiger partial charge in [-0.1, -0.05) is 11.6 Å². The summed E-state index contributed by atoms with van der Waals surface area (Å²) in [6.45, 7) is 0. The van der Waals surface area contributed by atoms with Gasteiger partial charge in [-0.3, -0.25) is 4.79 Å². The Hall–Kier alpha value is -1.42. The van der Waals surface area contributed by atoms with Crippen LogP contribution in [0.15, 0.2) is 23.1 Å². The number of aromatic nitrogens is 2. The van der Waals surface area contributed by atoms with Gasteiger partial charge in [-0.25, -0.2) is 9.37 Å². The Morgan fingerprint density at radius 3 is 3.00 bits per heavy atom. The van der Waals surface area contributed by atoms with Gasteiger partial charge < -0.3 is 4.98 Å². The molecule has 0 atom stereocenters. The number of nitrogens with zero attached hydrogens (tertiary/aromatic N) is 1. The van der Waals surface area contributed by atoms with Crippen molar-refractivity contribution >= 4 is 22.5 Å². The van der Waals surface area contributed by atoms with Gasteiger partial charge in [0.2, 0.25) is 5.56 Å². The van der Waals surface area contributed by atoms with Crippen molar-refractivity contribution in [3.8, 4) is 0 Å². The van der Waals surface area contributed by atoms with Crippen LogP contribution in [0, 0.1) is 5.82 Å². The highest BCUT2D eigenvalue weighted by molar-refractivity contribution is 6.30. The largest absolute Gasteiger partial charge is 0.319 e. The summed E-state index contributed by atoms with van der Waals surface area (Å²) in [5, 5.41) is 0.274. The van der Waals surface area contributed by atoms with E-state index in [0.717, 1.165) is 0 Å². The molecule has 0 aliphatic rings. The maximum atomic E-state index is 13.2. The Morgan fingerprint density at radius 1 is 1.46 bits per heavy atom. The van der Waals surface area contributed by atoms with Gasteiger partial charge in [0, 0.05) is 17.6 Å². The third kappa shape index (κ3) is 1.29. The zero-order valence-electron chi connectivity index (χ0n) is 6.34. The number of halogens is 2. The predicted molar refractivity (Wildman–Crippen MR) is 47.3 cm³/mol. The van der Waals surface area contributed by atoms with E-state index in [2.05, 4.69) is 9.97 Å². The first-order valence-electron chi connectivity index (χ1n) is 3.51. The van der Waals surface area contributed by atoms with Gasteiger partial charge in [0.1, 0.15) is 0 Å². The molecule has 0 saturated carbocycles. The number of H-pyrrole nitrogens is 1. The van der Waals surface area contributed by atoms with E-state index in [0.29, 0.717) is 5.39 Å². The summed E-state index contributed by atoms with van der Waals surface area (Å²) in [5.41, 5.74) is -0.277. The third-order valence-corrected chi connectivity index (χ3v) is 1.93. The van der Waals surface area contributed by atoms with Crippen LogP contribution in [0.3, 0.4) is 0 Å². The Kier molecular flexibility index (Phi) is 1.77. The maximum absolute atomic E-state index is 13.2. The average molecular weight is 199 g/mol. The summed E-state index contributed by atoms with van der Waals surface area (Å²) < 4.78 is 13.2. The fourth-order valence-corrected chi connectivity index (χ4v) is 1.20. The van der Waals surface area contributed by atoms with Gasteiger partial charge in [-0.05, 0) is 6.07 Å². The first kappa shape index (κ1) is 8.19. The van der Waals surface area contributed by atoms with Crippen molar-refractivity contribution in [3.63, 3.8) is 0 Å². The predicted octanol–water partition coefficient (Wildman–Crippen LogP) is 1.72. The molecular weight excluding hydrogens is 195 g/mol. The number of pyridine rings is 2. The smallest absolute Gasteiger partial charge is 0.248 e. The first-order chi connectivity index (χ1) is 6.18. The molecule has 0 amide bonds. The quantitative estimate of drug-likeness (QED) is 0.655. The van der Waals surface area contributed by atoms with Crippen LogP contribution in [0.5, 0.6) is 0 Å². The lowest BCUT2D eigenvalue weighted by atomic mass is 10.3. The molecule has 0 spiro atoms. The summed E-state index contributed by atoms with van der Waals surface area (Å²) in [7, 11) is 0. The highest BCUT2D eigenvalue weighted by Gasteiger charge is 2.06. The minimum absolute atomic E-state index is 0.0903. The van der Waals surface area contributed by atoms with E-state index < -0.39 is 5.82 Å². The molecule has 0 radical (unpaired) electrons. The summed E-state index contributed by atoms with van der Waals surface area (Å²) in [5.74, 6) is -0.697. The number of hydrogen-bond donors (Lipinski definition) is 1. The average Bonchev–Trinajstić information content (AvgIpc) is 2.12. The maximum Gasteiger partial charge on any atom is 0.248 e. The van der Waals surface area contributed by atoms with Crippen molar-refractivity contribution in [2.75, 3.05) is 0 Å². The van der Waals surface area contributed by atoms with Crippen LogP contribution in [0.4, 0.5) is 4.39 Å². The van der Waals surface area contributed by atoms with E-state index in [1.807, 2.05) is 0 Å². The highest BCUT2D eigenvalue weighted by atomic mass is 35.5. The van der Waals surface area contributed by atoms with Crippen LogP contribution in [-0.2, 0) is 0 Å². The molecule has 13 heavy (non-hydrogen) atoms. The molecule has 0 aromatic carbocycles. The summed E-state index contributed by atoms with van der Waals surface area (Å²) in [4.78, 5) is 16.8. The van der Waals surface area contributed by atoms with Crippen LogP contribution >= 0.6 is 11.6 Å². The van der Waals surface area contributed by atoms with Crippen molar-refractivity contribution in [2.24, 2.45) is 0 Å². The van der Waals surface area contributed by atoms with Gasteiger partial charge in [-0.2, -0.15) is 0 Å². The minimum atomic E-state index is -0.697. The van der Waals surface area contributed by atoms with E-state index in [4.69, 9.17) is 11.6 Å².